The molecular weight excluding hydrogens is 889 g/mol. The molecule has 0 unspecified atom stereocenters. The first-order valence-electron chi connectivity index (χ1n) is 25.0. The van der Waals surface area contributed by atoms with Gasteiger partial charge in [-0.05, 0) is 150 Å². The van der Waals surface area contributed by atoms with Crippen LogP contribution in [-0.2, 0) is 5.41 Å². The molecule has 4 heteroatoms. The lowest BCUT2D eigenvalue weighted by atomic mass is 9.81. The first kappa shape index (κ1) is 41.4. The maximum absolute atomic E-state index is 6.30. The zero-order valence-corrected chi connectivity index (χ0v) is 40.2. The van der Waals surface area contributed by atoms with Crippen LogP contribution in [0.5, 0.6) is 0 Å². The van der Waals surface area contributed by atoms with Crippen molar-refractivity contribution in [3.8, 4) is 78.4 Å². The number of nitrogens with zero attached hydrogens (tertiary/aromatic N) is 2. The first-order valence-corrected chi connectivity index (χ1v) is 25.0. The van der Waals surface area contributed by atoms with Gasteiger partial charge in [0, 0.05) is 43.7 Å². The quantitative estimate of drug-likeness (QED) is 0.167. The van der Waals surface area contributed by atoms with Gasteiger partial charge in [-0.3, -0.25) is 0 Å². The van der Waals surface area contributed by atoms with Crippen LogP contribution in [0.1, 0.15) is 25.0 Å². The predicted molar refractivity (Wildman–Crippen MR) is 302 cm³/mol. The van der Waals surface area contributed by atoms with Gasteiger partial charge >= 0.3 is 0 Å². The number of rotatable bonds is 6. The smallest absolute Gasteiger partial charge is 0.160 e. The van der Waals surface area contributed by atoms with E-state index in [9.17, 15) is 0 Å². The molecule has 14 aromatic rings. The number of para-hydroxylation sites is 2. The molecule has 0 saturated heterocycles. The van der Waals surface area contributed by atoms with E-state index in [2.05, 4.69) is 214 Å². The molecule has 15 rings (SSSR count). The second kappa shape index (κ2) is 15.8. The Morgan fingerprint density at radius 1 is 0.301 bits per heavy atom. The number of hydrogen-bond acceptors (Lipinski definition) is 4. The Kier molecular flexibility index (Phi) is 8.97. The van der Waals surface area contributed by atoms with Crippen molar-refractivity contribution < 1.29 is 8.83 Å². The van der Waals surface area contributed by atoms with Crippen molar-refractivity contribution in [2.75, 3.05) is 0 Å². The summed E-state index contributed by atoms with van der Waals surface area (Å²) >= 11 is 0. The molecule has 0 saturated carbocycles. The summed E-state index contributed by atoms with van der Waals surface area (Å²) in [6.45, 7) is 4.70. The van der Waals surface area contributed by atoms with Crippen molar-refractivity contribution in [1.29, 1.82) is 0 Å². The van der Waals surface area contributed by atoms with E-state index in [1.165, 1.54) is 33.0 Å². The average molecular weight is 933 g/mol. The van der Waals surface area contributed by atoms with Crippen molar-refractivity contribution in [2.45, 2.75) is 19.3 Å². The Hall–Kier alpha value is -9.38. The highest BCUT2D eigenvalue weighted by molar-refractivity contribution is 6.10. The minimum absolute atomic E-state index is 0.188. The van der Waals surface area contributed by atoms with E-state index in [1.54, 1.807) is 0 Å². The van der Waals surface area contributed by atoms with Crippen molar-refractivity contribution in [2.24, 2.45) is 0 Å². The minimum Gasteiger partial charge on any atom is -0.456 e. The Labute approximate surface area is 421 Å². The van der Waals surface area contributed by atoms with Gasteiger partial charge < -0.3 is 8.83 Å². The van der Waals surface area contributed by atoms with E-state index in [0.717, 1.165) is 116 Å². The van der Waals surface area contributed by atoms with Crippen LogP contribution in [0.2, 0.25) is 0 Å². The average Bonchev–Trinajstić information content (AvgIpc) is 4.08. The second-order valence-electron chi connectivity index (χ2n) is 20.0. The highest BCUT2D eigenvalue weighted by Gasteiger charge is 2.37. The van der Waals surface area contributed by atoms with Gasteiger partial charge in [-0.15, -0.1) is 0 Å². The van der Waals surface area contributed by atoms with Crippen LogP contribution in [0.15, 0.2) is 239 Å². The Balaban J connectivity index is 0.927. The van der Waals surface area contributed by atoms with Gasteiger partial charge in [0.15, 0.2) is 5.82 Å². The Morgan fingerprint density at radius 2 is 0.822 bits per heavy atom. The van der Waals surface area contributed by atoms with Gasteiger partial charge in [-0.25, -0.2) is 9.97 Å². The van der Waals surface area contributed by atoms with Crippen LogP contribution in [0.3, 0.4) is 0 Å². The van der Waals surface area contributed by atoms with Crippen molar-refractivity contribution in [1.82, 2.24) is 9.97 Å². The number of fused-ring (bicyclic) bond motifs is 11. The molecule has 0 N–H and O–H groups in total. The highest BCUT2D eigenvalue weighted by Crippen LogP contribution is 2.53. The van der Waals surface area contributed by atoms with Crippen LogP contribution >= 0.6 is 0 Å². The standard InChI is InChI=1S/C69H44N2O2/c1-69(2)59-24-14-23-55(67(59)58-38-42-17-6-7-18-43(42)39-60(58)69)62-40-61(70-68(71-62)41-15-4-3-5-16-41)52-30-29-49(50-19-8-9-20-51(50)52)48-34-46(44-27-31-65-56(36-44)53-21-10-12-25-63(53)72-65)33-47(35-48)45-28-32-66-57(37-45)54-22-11-13-26-64(54)73-66/h3-40H,1-2H3. The molecule has 0 aliphatic heterocycles. The zero-order chi connectivity index (χ0) is 48.4. The fraction of sp³-hybridized carbons (Fsp3) is 0.0435. The molecule has 0 bridgehead atoms. The molecule has 0 spiro atoms. The maximum Gasteiger partial charge on any atom is 0.160 e. The third-order valence-corrected chi connectivity index (χ3v) is 15.5. The monoisotopic (exact) mass is 932 g/mol. The molecule has 3 heterocycles. The fourth-order valence-corrected chi connectivity index (χ4v) is 11.8. The van der Waals surface area contributed by atoms with Gasteiger partial charge in [0.2, 0.25) is 0 Å². The molecule has 342 valence electrons. The van der Waals surface area contributed by atoms with Crippen LogP contribution in [-0.4, -0.2) is 9.97 Å². The molecule has 0 amide bonds. The molecule has 1 aliphatic carbocycles. The SMILES string of the molecule is CC1(C)c2cc3ccccc3cc2-c2c(-c3cc(-c4ccc(-c5cc(-c6ccc7oc8ccccc8c7c6)cc(-c6ccc7oc8ccccc8c7c6)c5)c5ccccc45)nc(-c4ccccc4)n3)cccc21. The van der Waals surface area contributed by atoms with Gasteiger partial charge in [0.1, 0.15) is 22.3 Å². The van der Waals surface area contributed by atoms with E-state index < -0.39 is 0 Å². The molecular formula is C69H44N2O2. The van der Waals surface area contributed by atoms with Gasteiger partial charge in [-0.1, -0.05) is 172 Å². The van der Waals surface area contributed by atoms with Crippen LogP contribution in [0.25, 0.3) is 144 Å². The van der Waals surface area contributed by atoms with Gasteiger partial charge in [-0.2, -0.15) is 0 Å². The van der Waals surface area contributed by atoms with E-state index in [4.69, 9.17) is 18.8 Å². The normalized spacial score (nSPS) is 12.9. The molecule has 11 aromatic carbocycles. The van der Waals surface area contributed by atoms with E-state index in [-0.39, 0.29) is 5.41 Å². The molecule has 1 aliphatic rings. The number of aromatic nitrogens is 2. The summed E-state index contributed by atoms with van der Waals surface area (Å²) in [5.41, 5.74) is 20.1. The van der Waals surface area contributed by atoms with Crippen molar-refractivity contribution in [3.05, 3.63) is 242 Å². The van der Waals surface area contributed by atoms with E-state index >= 15 is 0 Å². The third-order valence-electron chi connectivity index (χ3n) is 15.5. The van der Waals surface area contributed by atoms with E-state index in [0.29, 0.717) is 5.82 Å². The summed E-state index contributed by atoms with van der Waals surface area (Å²) in [7, 11) is 0. The van der Waals surface area contributed by atoms with Crippen LogP contribution < -0.4 is 0 Å². The largest absolute Gasteiger partial charge is 0.456 e. The van der Waals surface area contributed by atoms with Crippen molar-refractivity contribution in [3.63, 3.8) is 0 Å². The molecule has 73 heavy (non-hydrogen) atoms. The lowest BCUT2D eigenvalue weighted by molar-refractivity contribution is 0.661. The summed E-state index contributed by atoms with van der Waals surface area (Å²) in [5, 5.41) is 9.16. The summed E-state index contributed by atoms with van der Waals surface area (Å²) < 4.78 is 12.6. The topological polar surface area (TPSA) is 52.1 Å². The van der Waals surface area contributed by atoms with Gasteiger partial charge in [0.05, 0.1) is 11.4 Å². The zero-order valence-electron chi connectivity index (χ0n) is 40.2. The Morgan fingerprint density at radius 3 is 1.48 bits per heavy atom. The predicted octanol–water partition coefficient (Wildman–Crippen LogP) is 18.9. The number of furan rings is 2. The lowest BCUT2D eigenvalue weighted by Crippen LogP contribution is -2.14. The van der Waals surface area contributed by atoms with Crippen LogP contribution in [0.4, 0.5) is 0 Å². The Bertz CT molecular complexity index is 4460. The summed E-state index contributed by atoms with van der Waals surface area (Å²) in [4.78, 5) is 10.8. The molecule has 0 atom stereocenters. The number of benzene rings is 11. The van der Waals surface area contributed by atoms with Gasteiger partial charge in [0.25, 0.3) is 0 Å². The van der Waals surface area contributed by atoms with Crippen molar-refractivity contribution >= 4 is 65.4 Å². The lowest BCUT2D eigenvalue weighted by Gasteiger charge is -2.22. The maximum atomic E-state index is 6.30. The second-order valence-corrected chi connectivity index (χ2v) is 20.0. The fourth-order valence-electron chi connectivity index (χ4n) is 11.8. The summed E-state index contributed by atoms with van der Waals surface area (Å²) in [6, 6.07) is 82.8. The summed E-state index contributed by atoms with van der Waals surface area (Å²) in [5.74, 6) is 0.692. The summed E-state index contributed by atoms with van der Waals surface area (Å²) in [6.07, 6.45) is 0. The molecule has 4 nitrogen and oxygen atoms in total. The first-order chi connectivity index (χ1) is 35.9. The number of hydrogen-bond donors (Lipinski definition) is 0. The minimum atomic E-state index is -0.188. The molecule has 0 fully saturated rings. The highest BCUT2D eigenvalue weighted by atomic mass is 16.3. The third kappa shape index (κ3) is 6.54. The molecule has 3 aromatic heterocycles. The van der Waals surface area contributed by atoms with E-state index in [1.807, 2.05) is 30.3 Å². The molecule has 0 radical (unpaired) electrons. The van der Waals surface area contributed by atoms with Crippen LogP contribution in [0, 0.1) is 0 Å².